The van der Waals surface area contributed by atoms with Crippen LogP contribution in [0.5, 0.6) is 0 Å². The predicted octanol–water partition coefficient (Wildman–Crippen LogP) is 1.20. The highest BCUT2D eigenvalue weighted by Crippen LogP contribution is 2.25. The summed E-state index contributed by atoms with van der Waals surface area (Å²) in [6, 6.07) is 0. The highest BCUT2D eigenvalue weighted by atomic mass is 79.9. The van der Waals surface area contributed by atoms with Crippen molar-refractivity contribution in [3.8, 4) is 0 Å². The van der Waals surface area contributed by atoms with Crippen LogP contribution >= 0.6 is 27.3 Å². The second kappa shape index (κ2) is 4.46. The molecule has 1 N–H and O–H groups in total. The van der Waals surface area contributed by atoms with Gasteiger partial charge in [0.05, 0.1) is 13.2 Å². The van der Waals surface area contributed by atoms with Gasteiger partial charge in [0.2, 0.25) is 0 Å². The third-order valence-corrected chi connectivity index (χ3v) is 3.69. The summed E-state index contributed by atoms with van der Waals surface area (Å²) >= 11 is 4.76. The number of carboxylic acid groups (broad SMARTS) is 1. The fourth-order valence-corrected chi connectivity index (χ4v) is 2.65. The molecule has 15 heavy (non-hydrogen) atoms. The lowest BCUT2D eigenvalue weighted by atomic mass is 10.3. The van der Waals surface area contributed by atoms with Gasteiger partial charge in [0, 0.05) is 11.9 Å². The average molecular weight is 293 g/mol. The molecule has 0 saturated carbocycles. The van der Waals surface area contributed by atoms with Gasteiger partial charge in [-0.05, 0) is 15.9 Å². The van der Waals surface area contributed by atoms with Gasteiger partial charge >= 0.3 is 5.97 Å². The van der Waals surface area contributed by atoms with Crippen LogP contribution in [-0.4, -0.2) is 41.9 Å². The van der Waals surface area contributed by atoms with E-state index in [9.17, 15) is 4.79 Å². The molecule has 0 aliphatic carbocycles. The van der Waals surface area contributed by atoms with E-state index in [4.69, 9.17) is 9.84 Å². The minimum absolute atomic E-state index is 0.356. The van der Waals surface area contributed by atoms with Gasteiger partial charge in [-0.2, -0.15) is 0 Å². The molecule has 2 rings (SSSR count). The smallest absolute Gasteiger partial charge is 0.334 e. The quantitative estimate of drug-likeness (QED) is 0.887. The molecule has 1 aromatic rings. The standard InChI is InChI=1S/C8H9BrN2O3S/c9-6-4-15-8(10-6)11-1-2-14-5(3-11)7(12)13/h4-5H,1-3H2,(H,12,13). The van der Waals surface area contributed by atoms with Crippen LogP contribution in [0, 0.1) is 0 Å². The number of thiazole rings is 1. The molecular formula is C8H9BrN2O3S. The maximum atomic E-state index is 10.8. The van der Waals surface area contributed by atoms with E-state index in [0.717, 1.165) is 9.73 Å². The highest BCUT2D eigenvalue weighted by molar-refractivity contribution is 9.10. The monoisotopic (exact) mass is 292 g/mol. The van der Waals surface area contributed by atoms with Gasteiger partial charge in [0.25, 0.3) is 0 Å². The van der Waals surface area contributed by atoms with Gasteiger partial charge in [0.15, 0.2) is 11.2 Å². The molecule has 2 heterocycles. The van der Waals surface area contributed by atoms with Crippen molar-refractivity contribution in [2.45, 2.75) is 6.10 Å². The Hall–Kier alpha value is -0.660. The molecule has 0 amide bonds. The zero-order valence-electron chi connectivity index (χ0n) is 7.72. The molecular weight excluding hydrogens is 284 g/mol. The first-order chi connectivity index (χ1) is 7.16. The van der Waals surface area contributed by atoms with E-state index >= 15 is 0 Å². The number of carbonyl (C=O) groups is 1. The summed E-state index contributed by atoms with van der Waals surface area (Å²) in [5.74, 6) is -0.921. The lowest BCUT2D eigenvalue weighted by Crippen LogP contribution is -2.46. The van der Waals surface area contributed by atoms with Crippen LogP contribution in [0.3, 0.4) is 0 Å². The first kappa shape index (κ1) is 10.8. The number of anilines is 1. The number of rotatable bonds is 2. The second-order valence-corrected chi connectivity index (χ2v) is 4.75. The molecule has 0 spiro atoms. The topological polar surface area (TPSA) is 62.7 Å². The Balaban J connectivity index is 2.07. The number of aromatic nitrogens is 1. The second-order valence-electron chi connectivity index (χ2n) is 3.10. The maximum absolute atomic E-state index is 10.8. The lowest BCUT2D eigenvalue weighted by molar-refractivity contribution is -0.150. The largest absolute Gasteiger partial charge is 0.479 e. The predicted molar refractivity (Wildman–Crippen MR) is 59.4 cm³/mol. The number of ether oxygens (including phenoxy) is 1. The summed E-state index contributed by atoms with van der Waals surface area (Å²) < 4.78 is 5.90. The minimum Gasteiger partial charge on any atom is -0.479 e. The number of carboxylic acids is 1. The summed E-state index contributed by atoms with van der Waals surface area (Å²) in [6.07, 6.45) is -0.749. The Morgan fingerprint density at radius 3 is 3.20 bits per heavy atom. The SMILES string of the molecule is O=C(O)C1CN(c2nc(Br)cs2)CCO1. The van der Waals surface area contributed by atoms with Crippen molar-refractivity contribution < 1.29 is 14.6 Å². The third kappa shape index (κ3) is 2.47. The third-order valence-electron chi connectivity index (χ3n) is 2.08. The Morgan fingerprint density at radius 1 is 1.80 bits per heavy atom. The van der Waals surface area contributed by atoms with Crippen LogP contribution in [0.2, 0.25) is 0 Å². The Labute approximate surface area is 98.8 Å². The normalized spacial score (nSPS) is 21.7. The summed E-state index contributed by atoms with van der Waals surface area (Å²) in [6.45, 7) is 1.47. The van der Waals surface area contributed by atoms with Crippen molar-refractivity contribution in [3.63, 3.8) is 0 Å². The number of morpholine rings is 1. The molecule has 0 bridgehead atoms. The number of hydrogen-bond donors (Lipinski definition) is 1. The van der Waals surface area contributed by atoms with E-state index in [1.165, 1.54) is 11.3 Å². The zero-order chi connectivity index (χ0) is 10.8. The van der Waals surface area contributed by atoms with E-state index in [-0.39, 0.29) is 0 Å². The van der Waals surface area contributed by atoms with Gasteiger partial charge in [0.1, 0.15) is 4.60 Å². The van der Waals surface area contributed by atoms with E-state index in [1.807, 2.05) is 10.3 Å². The van der Waals surface area contributed by atoms with Crippen molar-refractivity contribution in [3.05, 3.63) is 9.98 Å². The number of nitrogens with zero attached hydrogens (tertiary/aromatic N) is 2. The Kier molecular flexibility index (Phi) is 3.22. The molecule has 1 aliphatic heterocycles. The van der Waals surface area contributed by atoms with Crippen LogP contribution in [0.25, 0.3) is 0 Å². The Bertz CT molecular complexity index is 371. The van der Waals surface area contributed by atoms with Crippen LogP contribution in [0.1, 0.15) is 0 Å². The fourth-order valence-electron chi connectivity index (χ4n) is 1.36. The van der Waals surface area contributed by atoms with Crippen molar-refractivity contribution in [2.24, 2.45) is 0 Å². The number of halogens is 1. The molecule has 1 aliphatic rings. The van der Waals surface area contributed by atoms with E-state index in [0.29, 0.717) is 19.7 Å². The minimum atomic E-state index is -0.921. The summed E-state index contributed by atoms with van der Waals surface area (Å²) in [5.41, 5.74) is 0. The number of hydrogen-bond acceptors (Lipinski definition) is 5. The molecule has 5 nitrogen and oxygen atoms in total. The molecule has 7 heteroatoms. The molecule has 0 radical (unpaired) electrons. The molecule has 82 valence electrons. The van der Waals surface area contributed by atoms with Gasteiger partial charge in [-0.3, -0.25) is 0 Å². The fraction of sp³-hybridized carbons (Fsp3) is 0.500. The van der Waals surface area contributed by atoms with Gasteiger partial charge in [-0.15, -0.1) is 11.3 Å². The summed E-state index contributed by atoms with van der Waals surface area (Å²) in [7, 11) is 0. The zero-order valence-corrected chi connectivity index (χ0v) is 10.1. The average Bonchev–Trinajstić information content (AvgIpc) is 2.65. The van der Waals surface area contributed by atoms with Gasteiger partial charge in [-0.25, -0.2) is 9.78 Å². The number of aliphatic carboxylic acids is 1. The highest BCUT2D eigenvalue weighted by Gasteiger charge is 2.27. The van der Waals surface area contributed by atoms with Crippen molar-refractivity contribution >= 4 is 38.4 Å². The molecule has 1 saturated heterocycles. The molecule has 1 unspecified atom stereocenters. The van der Waals surface area contributed by atoms with Crippen LogP contribution < -0.4 is 4.90 Å². The molecule has 1 aromatic heterocycles. The molecule has 1 fully saturated rings. The first-order valence-corrected chi connectivity index (χ1v) is 6.04. The first-order valence-electron chi connectivity index (χ1n) is 4.37. The lowest BCUT2D eigenvalue weighted by Gasteiger charge is -2.30. The van der Waals surface area contributed by atoms with Crippen LogP contribution in [0.4, 0.5) is 5.13 Å². The summed E-state index contributed by atoms with van der Waals surface area (Å²) in [4.78, 5) is 16.9. The van der Waals surface area contributed by atoms with Gasteiger partial charge < -0.3 is 14.7 Å². The van der Waals surface area contributed by atoms with E-state index in [2.05, 4.69) is 20.9 Å². The van der Waals surface area contributed by atoms with E-state index in [1.54, 1.807) is 0 Å². The van der Waals surface area contributed by atoms with Gasteiger partial charge in [-0.1, -0.05) is 0 Å². The maximum Gasteiger partial charge on any atom is 0.334 e. The molecule has 0 aromatic carbocycles. The van der Waals surface area contributed by atoms with Crippen LogP contribution in [0.15, 0.2) is 9.98 Å². The van der Waals surface area contributed by atoms with Crippen molar-refractivity contribution in [2.75, 3.05) is 24.6 Å². The molecule has 1 atom stereocenters. The van der Waals surface area contributed by atoms with Crippen molar-refractivity contribution in [1.29, 1.82) is 0 Å². The Morgan fingerprint density at radius 2 is 2.60 bits per heavy atom. The van der Waals surface area contributed by atoms with Crippen molar-refractivity contribution in [1.82, 2.24) is 4.98 Å². The van der Waals surface area contributed by atoms with E-state index < -0.39 is 12.1 Å². The summed E-state index contributed by atoms with van der Waals surface area (Å²) in [5, 5.41) is 11.5. The van der Waals surface area contributed by atoms with Crippen LogP contribution in [-0.2, 0) is 9.53 Å².